The number of aromatic nitrogens is 2. The Hall–Kier alpha value is -1.47. The Labute approximate surface area is 90.3 Å². The van der Waals surface area contributed by atoms with Crippen LogP contribution >= 0.6 is 0 Å². The molecule has 90 valence electrons. The van der Waals surface area contributed by atoms with Crippen LogP contribution in [0.15, 0.2) is 15.8 Å². The summed E-state index contributed by atoms with van der Waals surface area (Å²) in [5.41, 5.74) is -1.80. The molecule has 0 spiro atoms. The summed E-state index contributed by atoms with van der Waals surface area (Å²) in [4.78, 5) is 24.0. The fourth-order valence-electron chi connectivity index (χ4n) is 1.31. The molecule has 0 amide bonds. The van der Waals surface area contributed by atoms with E-state index in [4.69, 9.17) is 9.84 Å². The fraction of sp³-hybridized carbons (Fsp3) is 0.556. The quantitative estimate of drug-likeness (QED) is 0.723. The number of aliphatic hydroxyl groups excluding tert-OH is 1. The number of H-pyrrole nitrogens is 1. The lowest BCUT2D eigenvalue weighted by atomic mass is 10.3. The van der Waals surface area contributed by atoms with Gasteiger partial charge in [0, 0.05) is 13.7 Å². The van der Waals surface area contributed by atoms with Gasteiger partial charge in [0.15, 0.2) is 0 Å². The molecule has 0 aliphatic heterocycles. The summed E-state index contributed by atoms with van der Waals surface area (Å²) in [6.07, 6.45) is 0.850. The molecular formula is C9H13FN2O4. The lowest BCUT2D eigenvalue weighted by Crippen LogP contribution is -2.34. The average Bonchev–Trinajstić information content (AvgIpc) is 2.26. The SMILES string of the molecule is COC(CCCO)n1cc(F)c(=O)[nH]c1=O. The highest BCUT2D eigenvalue weighted by Gasteiger charge is 2.13. The summed E-state index contributed by atoms with van der Waals surface area (Å²) < 4.78 is 18.9. The molecule has 1 aromatic rings. The Bertz CT molecular complexity index is 454. The zero-order chi connectivity index (χ0) is 12.1. The lowest BCUT2D eigenvalue weighted by molar-refractivity contribution is 0.0268. The van der Waals surface area contributed by atoms with Gasteiger partial charge < -0.3 is 9.84 Å². The van der Waals surface area contributed by atoms with Crippen molar-refractivity contribution in [1.82, 2.24) is 9.55 Å². The van der Waals surface area contributed by atoms with E-state index in [1.54, 1.807) is 0 Å². The molecule has 0 bridgehead atoms. The van der Waals surface area contributed by atoms with Crippen LogP contribution in [0.25, 0.3) is 0 Å². The van der Waals surface area contributed by atoms with Gasteiger partial charge in [0.1, 0.15) is 6.23 Å². The third-order valence-corrected chi connectivity index (χ3v) is 2.12. The molecule has 7 heteroatoms. The zero-order valence-electron chi connectivity index (χ0n) is 8.77. The first-order valence-corrected chi connectivity index (χ1v) is 4.74. The molecule has 2 N–H and O–H groups in total. The first kappa shape index (κ1) is 12.6. The topological polar surface area (TPSA) is 84.3 Å². The van der Waals surface area contributed by atoms with Crippen LogP contribution in [0, 0.1) is 5.82 Å². The third kappa shape index (κ3) is 2.77. The van der Waals surface area contributed by atoms with Gasteiger partial charge in [-0.25, -0.2) is 4.79 Å². The number of methoxy groups -OCH3 is 1. The number of nitrogens with zero attached hydrogens (tertiary/aromatic N) is 1. The Kier molecular flexibility index (Phi) is 4.39. The largest absolute Gasteiger partial charge is 0.396 e. The number of hydrogen-bond acceptors (Lipinski definition) is 4. The van der Waals surface area contributed by atoms with E-state index in [-0.39, 0.29) is 6.61 Å². The van der Waals surface area contributed by atoms with Crippen molar-refractivity contribution in [2.24, 2.45) is 0 Å². The van der Waals surface area contributed by atoms with Crippen LogP contribution in [0.3, 0.4) is 0 Å². The van der Waals surface area contributed by atoms with E-state index in [1.807, 2.05) is 4.98 Å². The minimum atomic E-state index is -1.06. The Balaban J connectivity index is 3.05. The monoisotopic (exact) mass is 232 g/mol. The van der Waals surface area contributed by atoms with Gasteiger partial charge in [0.2, 0.25) is 5.82 Å². The molecule has 1 aromatic heterocycles. The molecule has 0 saturated heterocycles. The van der Waals surface area contributed by atoms with Crippen LogP contribution in [0.2, 0.25) is 0 Å². The molecule has 0 aliphatic rings. The smallest absolute Gasteiger partial charge is 0.330 e. The highest BCUT2D eigenvalue weighted by atomic mass is 19.1. The first-order valence-electron chi connectivity index (χ1n) is 4.74. The van der Waals surface area contributed by atoms with Gasteiger partial charge in [0.05, 0.1) is 6.20 Å². The molecule has 6 nitrogen and oxygen atoms in total. The molecule has 0 saturated carbocycles. The van der Waals surface area contributed by atoms with E-state index in [0.717, 1.165) is 10.8 Å². The second-order valence-corrected chi connectivity index (χ2v) is 3.20. The Morgan fingerprint density at radius 1 is 1.62 bits per heavy atom. The van der Waals surface area contributed by atoms with Crippen molar-refractivity contribution in [3.05, 3.63) is 32.9 Å². The number of nitrogens with one attached hydrogen (secondary N) is 1. The summed E-state index contributed by atoms with van der Waals surface area (Å²) in [5.74, 6) is -1.05. The fourth-order valence-corrected chi connectivity index (χ4v) is 1.31. The zero-order valence-corrected chi connectivity index (χ0v) is 8.77. The predicted molar refractivity (Wildman–Crippen MR) is 53.6 cm³/mol. The molecular weight excluding hydrogens is 219 g/mol. The van der Waals surface area contributed by atoms with Crippen molar-refractivity contribution in [2.75, 3.05) is 13.7 Å². The van der Waals surface area contributed by atoms with Gasteiger partial charge in [-0.15, -0.1) is 0 Å². The number of halogens is 1. The summed E-state index contributed by atoms with van der Waals surface area (Å²) >= 11 is 0. The van der Waals surface area contributed by atoms with E-state index in [2.05, 4.69) is 0 Å². The molecule has 1 atom stereocenters. The second kappa shape index (κ2) is 5.57. The molecule has 0 fully saturated rings. The van der Waals surface area contributed by atoms with Gasteiger partial charge in [0.25, 0.3) is 5.56 Å². The maximum atomic E-state index is 13.0. The van der Waals surface area contributed by atoms with Crippen molar-refractivity contribution in [2.45, 2.75) is 19.1 Å². The Morgan fingerprint density at radius 3 is 2.88 bits per heavy atom. The molecule has 0 aliphatic carbocycles. The summed E-state index contributed by atoms with van der Waals surface area (Å²) in [5, 5.41) is 8.65. The van der Waals surface area contributed by atoms with Gasteiger partial charge in [-0.05, 0) is 12.8 Å². The first-order chi connectivity index (χ1) is 7.60. The number of aromatic amines is 1. The van der Waals surface area contributed by atoms with Crippen molar-refractivity contribution < 1.29 is 14.2 Å². The van der Waals surface area contributed by atoms with Crippen LogP contribution in [0.5, 0.6) is 0 Å². The predicted octanol–water partition coefficient (Wildman–Crippen LogP) is -0.407. The minimum Gasteiger partial charge on any atom is -0.396 e. The number of hydrogen-bond donors (Lipinski definition) is 2. The second-order valence-electron chi connectivity index (χ2n) is 3.20. The Morgan fingerprint density at radius 2 is 2.31 bits per heavy atom. The van der Waals surface area contributed by atoms with Gasteiger partial charge in [-0.1, -0.05) is 0 Å². The minimum absolute atomic E-state index is 0.0551. The molecule has 16 heavy (non-hydrogen) atoms. The maximum absolute atomic E-state index is 13.0. The van der Waals surface area contributed by atoms with Crippen LogP contribution in [-0.2, 0) is 4.74 Å². The highest BCUT2D eigenvalue weighted by Crippen LogP contribution is 2.11. The number of aliphatic hydroxyl groups is 1. The highest BCUT2D eigenvalue weighted by molar-refractivity contribution is 4.88. The molecule has 1 unspecified atom stereocenters. The van der Waals surface area contributed by atoms with Crippen molar-refractivity contribution in [1.29, 1.82) is 0 Å². The van der Waals surface area contributed by atoms with E-state index in [1.165, 1.54) is 7.11 Å². The lowest BCUT2D eigenvalue weighted by Gasteiger charge is -2.16. The summed E-state index contributed by atoms with van der Waals surface area (Å²) in [6, 6.07) is 0. The van der Waals surface area contributed by atoms with E-state index in [0.29, 0.717) is 12.8 Å². The van der Waals surface area contributed by atoms with E-state index >= 15 is 0 Å². The summed E-state index contributed by atoms with van der Waals surface area (Å²) in [7, 11) is 1.36. The van der Waals surface area contributed by atoms with Crippen LogP contribution < -0.4 is 11.2 Å². The van der Waals surface area contributed by atoms with Gasteiger partial charge in [-0.2, -0.15) is 4.39 Å². The van der Waals surface area contributed by atoms with Crippen LogP contribution in [0.4, 0.5) is 4.39 Å². The van der Waals surface area contributed by atoms with Crippen molar-refractivity contribution in [3.8, 4) is 0 Å². The number of rotatable bonds is 5. The molecule has 0 radical (unpaired) electrons. The molecule has 1 rings (SSSR count). The summed E-state index contributed by atoms with van der Waals surface area (Å²) in [6.45, 7) is -0.0551. The average molecular weight is 232 g/mol. The standard InChI is InChI=1S/C9H13FN2O4/c1-16-7(3-2-4-13)12-5-6(10)8(14)11-9(12)15/h5,7,13H,2-4H2,1H3,(H,11,14,15). The molecule has 1 heterocycles. The normalized spacial score (nSPS) is 12.7. The third-order valence-electron chi connectivity index (χ3n) is 2.12. The van der Waals surface area contributed by atoms with E-state index in [9.17, 15) is 14.0 Å². The van der Waals surface area contributed by atoms with Gasteiger partial charge in [-0.3, -0.25) is 14.3 Å². The number of ether oxygens (including phenoxy) is 1. The van der Waals surface area contributed by atoms with E-state index < -0.39 is 23.3 Å². The van der Waals surface area contributed by atoms with Crippen molar-refractivity contribution >= 4 is 0 Å². The van der Waals surface area contributed by atoms with Crippen molar-refractivity contribution in [3.63, 3.8) is 0 Å². The molecule has 0 aromatic carbocycles. The maximum Gasteiger partial charge on any atom is 0.330 e. The van der Waals surface area contributed by atoms with Crippen LogP contribution in [0.1, 0.15) is 19.1 Å². The van der Waals surface area contributed by atoms with Gasteiger partial charge >= 0.3 is 5.69 Å². The van der Waals surface area contributed by atoms with Crippen LogP contribution in [-0.4, -0.2) is 28.4 Å².